The average molecular weight is 315 g/mol. The van der Waals surface area contributed by atoms with Crippen LogP contribution in [0.25, 0.3) is 0 Å². The van der Waals surface area contributed by atoms with Crippen LogP contribution in [-0.4, -0.2) is 20.9 Å². The number of thiophene rings is 1. The van der Waals surface area contributed by atoms with Gasteiger partial charge in [-0.05, 0) is 35.8 Å². The van der Waals surface area contributed by atoms with Crippen molar-refractivity contribution in [3.8, 4) is 0 Å². The Morgan fingerprint density at radius 2 is 2.29 bits per heavy atom. The molecule has 0 bridgehead atoms. The molecule has 0 aliphatic heterocycles. The molecule has 2 aromatic heterocycles. The molecule has 6 heteroatoms. The van der Waals surface area contributed by atoms with Gasteiger partial charge in [0.2, 0.25) is 0 Å². The molecule has 0 aliphatic carbocycles. The third-order valence-corrected chi connectivity index (χ3v) is 4.21. The molecule has 0 saturated heterocycles. The Bertz CT molecular complexity index is 574. The van der Waals surface area contributed by atoms with E-state index in [0.29, 0.717) is 23.5 Å². The summed E-state index contributed by atoms with van der Waals surface area (Å²) in [7, 11) is 0. The third-order valence-electron chi connectivity index (χ3n) is 2.52. The molecule has 2 rings (SSSR count). The highest BCUT2D eigenvalue weighted by molar-refractivity contribution is 9.10. The lowest BCUT2D eigenvalue weighted by molar-refractivity contribution is 0.0695. The van der Waals surface area contributed by atoms with Crippen molar-refractivity contribution in [2.45, 2.75) is 20.4 Å². The number of carboxylic acid groups (broad SMARTS) is 1. The van der Waals surface area contributed by atoms with Crippen molar-refractivity contribution in [2.24, 2.45) is 0 Å². The second-order valence-corrected chi connectivity index (χ2v) is 5.65. The molecule has 2 heterocycles. The summed E-state index contributed by atoms with van der Waals surface area (Å²) in [5.74, 6) is -0.918. The Morgan fingerprint density at radius 3 is 2.76 bits per heavy atom. The summed E-state index contributed by atoms with van der Waals surface area (Å²) in [6.45, 7) is 4.11. The average Bonchev–Trinajstić information content (AvgIpc) is 2.73. The van der Waals surface area contributed by atoms with E-state index in [4.69, 9.17) is 5.11 Å². The molecule has 17 heavy (non-hydrogen) atoms. The normalized spacial score (nSPS) is 10.8. The summed E-state index contributed by atoms with van der Waals surface area (Å²) in [5.41, 5.74) is 1.56. The summed E-state index contributed by atoms with van der Waals surface area (Å²) in [4.78, 5) is 12.2. The number of carboxylic acids is 1. The van der Waals surface area contributed by atoms with E-state index in [-0.39, 0.29) is 0 Å². The molecule has 0 amide bonds. The predicted molar refractivity (Wildman–Crippen MR) is 69.8 cm³/mol. The van der Waals surface area contributed by atoms with Crippen molar-refractivity contribution in [1.29, 1.82) is 0 Å². The lowest BCUT2D eigenvalue weighted by Gasteiger charge is -2.01. The van der Waals surface area contributed by atoms with Crippen LogP contribution in [0, 0.1) is 13.8 Å². The van der Waals surface area contributed by atoms with E-state index >= 15 is 0 Å². The number of carbonyl (C=O) groups is 1. The van der Waals surface area contributed by atoms with E-state index in [1.54, 1.807) is 29.9 Å². The minimum atomic E-state index is -0.918. The molecule has 1 N–H and O–H groups in total. The van der Waals surface area contributed by atoms with Crippen molar-refractivity contribution < 1.29 is 9.90 Å². The van der Waals surface area contributed by atoms with Crippen LogP contribution in [0.1, 0.15) is 26.6 Å². The first-order valence-electron chi connectivity index (χ1n) is 4.99. The zero-order valence-electron chi connectivity index (χ0n) is 9.40. The number of aryl methyl sites for hydroxylation is 1. The van der Waals surface area contributed by atoms with Crippen LogP contribution in [0.4, 0.5) is 0 Å². The van der Waals surface area contributed by atoms with E-state index in [1.165, 1.54) is 0 Å². The van der Waals surface area contributed by atoms with Crippen LogP contribution < -0.4 is 0 Å². The van der Waals surface area contributed by atoms with E-state index in [0.717, 1.165) is 9.35 Å². The van der Waals surface area contributed by atoms with Crippen LogP contribution in [0.3, 0.4) is 0 Å². The second-order valence-electron chi connectivity index (χ2n) is 3.74. The first kappa shape index (κ1) is 12.3. The number of hydrogen-bond donors (Lipinski definition) is 1. The minimum absolute atomic E-state index is 0.306. The van der Waals surface area contributed by atoms with Crippen LogP contribution >= 0.6 is 27.3 Å². The van der Waals surface area contributed by atoms with Gasteiger partial charge in [-0.15, -0.1) is 11.3 Å². The highest BCUT2D eigenvalue weighted by atomic mass is 79.9. The Morgan fingerprint density at radius 1 is 1.59 bits per heavy atom. The fourth-order valence-electron chi connectivity index (χ4n) is 1.74. The zero-order chi connectivity index (χ0) is 12.6. The van der Waals surface area contributed by atoms with E-state index in [9.17, 15) is 4.79 Å². The van der Waals surface area contributed by atoms with Crippen molar-refractivity contribution >= 4 is 33.2 Å². The minimum Gasteiger partial charge on any atom is -0.478 e. The summed E-state index contributed by atoms with van der Waals surface area (Å²) in [6.07, 6.45) is 0. The molecule has 0 atom stereocenters. The molecule has 0 unspecified atom stereocenters. The van der Waals surface area contributed by atoms with Gasteiger partial charge in [0.25, 0.3) is 0 Å². The summed E-state index contributed by atoms with van der Waals surface area (Å²) in [5, 5.41) is 15.3. The predicted octanol–water partition coefficient (Wildman–Crippen LogP) is 3.07. The molecule has 0 fully saturated rings. The lowest BCUT2D eigenvalue weighted by Crippen LogP contribution is -2.04. The maximum atomic E-state index is 11.1. The van der Waals surface area contributed by atoms with Crippen LogP contribution in [0.5, 0.6) is 0 Å². The van der Waals surface area contributed by atoms with Crippen molar-refractivity contribution in [3.63, 3.8) is 0 Å². The summed E-state index contributed by atoms with van der Waals surface area (Å²) < 4.78 is 2.77. The maximum absolute atomic E-state index is 11.1. The van der Waals surface area contributed by atoms with E-state index in [2.05, 4.69) is 21.0 Å². The van der Waals surface area contributed by atoms with Gasteiger partial charge in [-0.2, -0.15) is 5.10 Å². The Kier molecular flexibility index (Phi) is 3.35. The number of aromatic nitrogens is 2. The first-order chi connectivity index (χ1) is 7.99. The van der Waals surface area contributed by atoms with Gasteiger partial charge in [0.1, 0.15) is 5.56 Å². The fourth-order valence-corrected chi connectivity index (χ4v) is 3.18. The molecular formula is C11H11BrN2O2S. The van der Waals surface area contributed by atoms with E-state index < -0.39 is 5.97 Å². The smallest absolute Gasteiger partial charge is 0.339 e. The van der Waals surface area contributed by atoms with Gasteiger partial charge >= 0.3 is 5.97 Å². The van der Waals surface area contributed by atoms with Crippen LogP contribution in [0.15, 0.2) is 15.9 Å². The van der Waals surface area contributed by atoms with Crippen molar-refractivity contribution in [1.82, 2.24) is 9.78 Å². The van der Waals surface area contributed by atoms with Gasteiger partial charge in [-0.1, -0.05) is 0 Å². The molecule has 0 spiro atoms. The highest BCUT2D eigenvalue weighted by Crippen LogP contribution is 2.22. The number of hydrogen-bond acceptors (Lipinski definition) is 3. The second kappa shape index (κ2) is 4.62. The van der Waals surface area contributed by atoms with E-state index in [1.807, 2.05) is 11.4 Å². The van der Waals surface area contributed by atoms with Crippen molar-refractivity contribution in [2.75, 3.05) is 0 Å². The topological polar surface area (TPSA) is 55.1 Å². The van der Waals surface area contributed by atoms with Crippen LogP contribution in [0.2, 0.25) is 0 Å². The first-order valence-corrected chi connectivity index (χ1v) is 6.66. The molecule has 2 aromatic rings. The fraction of sp³-hybridized carbons (Fsp3) is 0.273. The number of halogens is 1. The SMILES string of the molecule is Cc1nn(Cc2cc(Br)cs2)c(C)c1C(=O)O. The molecule has 0 saturated carbocycles. The Labute approximate surface area is 111 Å². The monoisotopic (exact) mass is 314 g/mol. The molecular weight excluding hydrogens is 304 g/mol. The molecule has 90 valence electrons. The highest BCUT2D eigenvalue weighted by Gasteiger charge is 2.17. The number of nitrogens with zero attached hydrogens (tertiary/aromatic N) is 2. The van der Waals surface area contributed by atoms with Gasteiger partial charge in [0.15, 0.2) is 0 Å². The largest absolute Gasteiger partial charge is 0.478 e. The summed E-state index contributed by atoms with van der Waals surface area (Å²) >= 11 is 5.02. The zero-order valence-corrected chi connectivity index (χ0v) is 11.8. The van der Waals surface area contributed by atoms with Gasteiger partial charge in [0, 0.05) is 14.7 Å². The molecule has 0 aliphatic rings. The molecule has 0 radical (unpaired) electrons. The Balaban J connectivity index is 2.34. The molecule has 4 nitrogen and oxygen atoms in total. The standard InChI is InChI=1S/C11H11BrN2O2S/c1-6-10(11(15)16)7(2)14(13-6)4-9-3-8(12)5-17-9/h3,5H,4H2,1-2H3,(H,15,16). The maximum Gasteiger partial charge on any atom is 0.339 e. The quantitative estimate of drug-likeness (QED) is 0.947. The van der Waals surface area contributed by atoms with Gasteiger partial charge in [0.05, 0.1) is 17.9 Å². The number of rotatable bonds is 3. The lowest BCUT2D eigenvalue weighted by atomic mass is 10.2. The van der Waals surface area contributed by atoms with Crippen molar-refractivity contribution in [3.05, 3.63) is 37.7 Å². The number of aromatic carboxylic acids is 1. The van der Waals surface area contributed by atoms with Gasteiger partial charge in [-0.25, -0.2) is 4.79 Å². The van der Waals surface area contributed by atoms with Crippen LogP contribution in [-0.2, 0) is 6.54 Å². The Hall–Kier alpha value is -1.14. The summed E-state index contributed by atoms with van der Waals surface area (Å²) in [6, 6.07) is 2.02. The van der Waals surface area contributed by atoms with Gasteiger partial charge in [-0.3, -0.25) is 4.68 Å². The third kappa shape index (κ3) is 2.42. The molecule has 0 aromatic carbocycles. The van der Waals surface area contributed by atoms with Gasteiger partial charge < -0.3 is 5.11 Å².